The van der Waals surface area contributed by atoms with E-state index in [-0.39, 0.29) is 0 Å². The van der Waals surface area contributed by atoms with Gasteiger partial charge >= 0.3 is 0 Å². The summed E-state index contributed by atoms with van der Waals surface area (Å²) in [6.07, 6.45) is 0. The van der Waals surface area contributed by atoms with Crippen LogP contribution >= 0.6 is 11.3 Å². The third-order valence-corrected chi connectivity index (χ3v) is 11.7. The second-order valence-corrected chi connectivity index (χ2v) is 14.7. The summed E-state index contributed by atoms with van der Waals surface area (Å²) in [4.78, 5) is 2.48. The second-order valence-electron chi connectivity index (χ2n) is 13.7. The predicted molar refractivity (Wildman–Crippen MR) is 224 cm³/mol. The smallest absolute Gasteiger partial charge is 0.0547 e. The largest absolute Gasteiger partial charge is 0.309 e. The summed E-state index contributed by atoms with van der Waals surface area (Å²) in [6, 6.07) is 67.2. The number of anilines is 3. The molecule has 1 aromatic heterocycles. The first-order valence-corrected chi connectivity index (χ1v) is 18.7. The van der Waals surface area contributed by atoms with Crippen molar-refractivity contribution in [3.63, 3.8) is 0 Å². The quantitative estimate of drug-likeness (QED) is 0.175. The summed E-state index contributed by atoms with van der Waals surface area (Å²) in [7, 11) is 0. The Bertz CT molecular complexity index is 3010. The standard InChI is InChI=1S/C50H31NS/c1-3-10-32(11-4-1)35-18-19-36-28-43-44-29-37-20-21-40(27-39(37)31-46(44)45(43)30-38(36)26-35)51(47-17-9-15-33-12-7-8-16-41(33)47)48-22-23-49-42(24-25-52-49)50(48)34-13-5-2-6-14-34/h1-31H. The number of hydrogen-bond donors (Lipinski definition) is 0. The number of fused-ring (bicyclic) bond motifs is 8. The van der Waals surface area contributed by atoms with Gasteiger partial charge in [0.05, 0.1) is 11.4 Å². The molecule has 2 heteroatoms. The van der Waals surface area contributed by atoms with Crippen LogP contribution < -0.4 is 4.90 Å². The van der Waals surface area contributed by atoms with Gasteiger partial charge in [-0.05, 0) is 138 Å². The lowest BCUT2D eigenvalue weighted by Crippen LogP contribution is -2.12. The number of nitrogens with zero attached hydrogens (tertiary/aromatic N) is 1. The lowest BCUT2D eigenvalue weighted by atomic mass is 9.77. The van der Waals surface area contributed by atoms with Gasteiger partial charge in [-0.3, -0.25) is 0 Å². The highest BCUT2D eigenvalue weighted by atomic mass is 32.1. The van der Waals surface area contributed by atoms with Gasteiger partial charge in [0, 0.05) is 26.7 Å². The molecule has 1 aliphatic carbocycles. The minimum atomic E-state index is 1.14. The first kappa shape index (κ1) is 29.3. The van der Waals surface area contributed by atoms with E-state index in [1.165, 1.54) is 98.3 Å². The van der Waals surface area contributed by atoms with Crippen molar-refractivity contribution in [2.45, 2.75) is 0 Å². The van der Waals surface area contributed by atoms with E-state index in [0.29, 0.717) is 0 Å². The first-order valence-electron chi connectivity index (χ1n) is 17.8. The fraction of sp³-hybridized carbons (Fsp3) is 0. The molecule has 0 N–H and O–H groups in total. The number of hydrogen-bond acceptors (Lipinski definition) is 2. The molecule has 11 rings (SSSR count). The molecule has 242 valence electrons. The molecule has 0 amide bonds. The van der Waals surface area contributed by atoms with Crippen molar-refractivity contribution in [3.8, 4) is 44.5 Å². The lowest BCUT2D eigenvalue weighted by Gasteiger charge is -2.30. The van der Waals surface area contributed by atoms with Crippen molar-refractivity contribution < 1.29 is 0 Å². The normalized spacial score (nSPS) is 11.8. The van der Waals surface area contributed by atoms with E-state index in [9.17, 15) is 0 Å². The summed E-state index contributed by atoms with van der Waals surface area (Å²) in [6.45, 7) is 0. The molecule has 0 unspecified atom stereocenters. The Labute approximate surface area is 306 Å². The van der Waals surface area contributed by atoms with Gasteiger partial charge in [0.1, 0.15) is 0 Å². The van der Waals surface area contributed by atoms with Gasteiger partial charge in [-0.25, -0.2) is 0 Å². The maximum absolute atomic E-state index is 2.48. The van der Waals surface area contributed by atoms with E-state index >= 15 is 0 Å². The van der Waals surface area contributed by atoms with Gasteiger partial charge in [-0.1, -0.05) is 115 Å². The van der Waals surface area contributed by atoms with E-state index in [1.807, 2.05) is 0 Å². The zero-order chi connectivity index (χ0) is 34.2. The maximum Gasteiger partial charge on any atom is 0.0547 e. The molecule has 9 aromatic carbocycles. The molecule has 0 saturated carbocycles. The molecule has 10 aromatic rings. The summed E-state index contributed by atoms with van der Waals surface area (Å²) in [5, 5.41) is 11.0. The molecule has 0 saturated heterocycles. The molecule has 1 aliphatic rings. The average molecular weight is 678 g/mol. The van der Waals surface area contributed by atoms with Crippen LogP contribution in [0.25, 0.3) is 86.9 Å². The van der Waals surface area contributed by atoms with Crippen LogP contribution in [0.5, 0.6) is 0 Å². The SMILES string of the molecule is c1ccc(-c2ccc3cc4c(cc3c2)-c2cc3cc(N(c5ccc6sccc6c5-c5ccccc5)c5cccc6ccccc56)ccc3cc2-4)cc1. The Kier molecular flexibility index (Phi) is 6.49. The Morgan fingerprint density at radius 2 is 0.981 bits per heavy atom. The third kappa shape index (κ3) is 4.55. The molecular weight excluding hydrogens is 647 g/mol. The van der Waals surface area contributed by atoms with E-state index in [0.717, 1.165) is 5.69 Å². The molecule has 1 heterocycles. The van der Waals surface area contributed by atoms with Gasteiger partial charge in [0.15, 0.2) is 0 Å². The van der Waals surface area contributed by atoms with Crippen LogP contribution in [0, 0.1) is 0 Å². The topological polar surface area (TPSA) is 3.24 Å². The summed E-state index contributed by atoms with van der Waals surface area (Å²) in [5.41, 5.74) is 13.8. The Morgan fingerprint density at radius 3 is 1.75 bits per heavy atom. The molecule has 52 heavy (non-hydrogen) atoms. The third-order valence-electron chi connectivity index (χ3n) is 10.8. The van der Waals surface area contributed by atoms with Crippen LogP contribution in [0.2, 0.25) is 0 Å². The molecule has 1 nitrogen and oxygen atoms in total. The zero-order valence-electron chi connectivity index (χ0n) is 28.3. The van der Waals surface area contributed by atoms with E-state index in [2.05, 4.69) is 192 Å². The van der Waals surface area contributed by atoms with Crippen LogP contribution in [0.1, 0.15) is 0 Å². The number of thiophene rings is 1. The minimum absolute atomic E-state index is 1.14. The zero-order valence-corrected chi connectivity index (χ0v) is 29.1. The van der Waals surface area contributed by atoms with Crippen LogP contribution in [0.15, 0.2) is 187 Å². The van der Waals surface area contributed by atoms with Crippen molar-refractivity contribution in [1.29, 1.82) is 0 Å². The van der Waals surface area contributed by atoms with Gasteiger partial charge in [-0.15, -0.1) is 11.3 Å². The monoisotopic (exact) mass is 677 g/mol. The van der Waals surface area contributed by atoms with Crippen LogP contribution in [-0.2, 0) is 0 Å². The Hall–Kier alpha value is -6.48. The summed E-state index contributed by atoms with van der Waals surface area (Å²) < 4.78 is 1.29. The fourth-order valence-corrected chi connectivity index (χ4v) is 9.09. The highest BCUT2D eigenvalue weighted by Crippen LogP contribution is 2.52. The molecule has 0 spiro atoms. The van der Waals surface area contributed by atoms with Crippen molar-refractivity contribution in [1.82, 2.24) is 0 Å². The summed E-state index contributed by atoms with van der Waals surface area (Å²) >= 11 is 1.80. The predicted octanol–water partition coefficient (Wildman–Crippen LogP) is 14.8. The molecule has 0 atom stereocenters. The molecule has 0 aliphatic heterocycles. The Morgan fingerprint density at radius 1 is 0.346 bits per heavy atom. The van der Waals surface area contributed by atoms with Crippen LogP contribution in [-0.4, -0.2) is 0 Å². The van der Waals surface area contributed by atoms with Gasteiger partial charge in [0.25, 0.3) is 0 Å². The van der Waals surface area contributed by atoms with Crippen molar-refractivity contribution in [2.24, 2.45) is 0 Å². The lowest BCUT2D eigenvalue weighted by molar-refractivity contribution is 1.31. The number of rotatable bonds is 5. The van der Waals surface area contributed by atoms with Crippen molar-refractivity contribution in [3.05, 3.63) is 187 Å². The molecular formula is C50H31NS. The molecule has 0 bridgehead atoms. The van der Waals surface area contributed by atoms with E-state index in [4.69, 9.17) is 0 Å². The second kappa shape index (κ2) is 11.5. The van der Waals surface area contributed by atoms with E-state index in [1.54, 1.807) is 11.3 Å². The Balaban J connectivity index is 1.10. The summed E-state index contributed by atoms with van der Waals surface area (Å²) in [5.74, 6) is 0. The number of benzene rings is 9. The van der Waals surface area contributed by atoms with Crippen molar-refractivity contribution >= 4 is 70.8 Å². The van der Waals surface area contributed by atoms with Gasteiger partial charge in [-0.2, -0.15) is 0 Å². The van der Waals surface area contributed by atoms with Crippen molar-refractivity contribution in [2.75, 3.05) is 4.90 Å². The fourth-order valence-electron chi connectivity index (χ4n) is 8.30. The highest BCUT2D eigenvalue weighted by molar-refractivity contribution is 7.17. The maximum atomic E-state index is 2.48. The average Bonchev–Trinajstić information content (AvgIpc) is 3.69. The first-order chi connectivity index (χ1) is 25.8. The van der Waals surface area contributed by atoms with Crippen LogP contribution in [0.4, 0.5) is 17.1 Å². The highest BCUT2D eigenvalue weighted by Gasteiger charge is 2.25. The van der Waals surface area contributed by atoms with Gasteiger partial charge in [0.2, 0.25) is 0 Å². The van der Waals surface area contributed by atoms with Crippen LogP contribution in [0.3, 0.4) is 0 Å². The minimum Gasteiger partial charge on any atom is -0.309 e. The molecule has 0 radical (unpaired) electrons. The molecule has 0 fully saturated rings. The van der Waals surface area contributed by atoms with E-state index < -0.39 is 0 Å². The van der Waals surface area contributed by atoms with Gasteiger partial charge < -0.3 is 4.90 Å².